The Morgan fingerprint density at radius 3 is 2.58 bits per heavy atom. The van der Waals surface area contributed by atoms with Crippen LogP contribution in [0.1, 0.15) is 66.7 Å². The quantitative estimate of drug-likeness (QED) is 0.134. The number of aliphatic hydroxyl groups excluding tert-OH is 2. The van der Waals surface area contributed by atoms with Crippen molar-refractivity contribution in [2.45, 2.75) is 84.5 Å². The fraction of sp³-hybridized carbons (Fsp3) is 0.625. The van der Waals surface area contributed by atoms with Crippen LogP contribution in [-0.4, -0.2) is 51.5 Å². The third-order valence-electron chi connectivity index (χ3n) is 9.81. The average Bonchev–Trinajstić information content (AvgIpc) is 3.36. The predicted molar refractivity (Wildman–Crippen MR) is 147 cm³/mol. The number of carbonyl (C=O) groups excluding carboxylic acids is 2. The van der Waals surface area contributed by atoms with Crippen molar-refractivity contribution in [1.29, 1.82) is 0 Å². The zero-order chi connectivity index (χ0) is 27.9. The minimum Gasteiger partial charge on any atom is -0.451 e. The maximum absolute atomic E-state index is 14.3. The summed E-state index contributed by atoms with van der Waals surface area (Å²) in [5, 5.41) is 34.1. The predicted octanol–water partition coefficient (Wildman–Crippen LogP) is 4.62. The molecule has 0 aliphatic heterocycles. The zero-order valence-corrected chi connectivity index (χ0v) is 23.4. The van der Waals surface area contributed by atoms with Crippen LogP contribution in [0.25, 0.3) is 0 Å². The van der Waals surface area contributed by atoms with Gasteiger partial charge in [0.2, 0.25) is 0 Å². The Bertz CT molecular complexity index is 1090. The lowest BCUT2D eigenvalue weighted by molar-refractivity contribution is -0.201. The molecule has 0 aromatic rings. The second-order valence-electron chi connectivity index (χ2n) is 12.4. The SMILES string of the molecule is CCCCC/C=C/C=C/C=C/C(=O)OC1C(C)=CC23C(=O)C(C=C(CO)C(O)C12O)C1C(CC3C)C1(C)C. The van der Waals surface area contributed by atoms with E-state index < -0.39 is 41.7 Å². The number of ether oxygens (including phenoxy) is 1. The summed E-state index contributed by atoms with van der Waals surface area (Å²) in [7, 11) is 0. The summed E-state index contributed by atoms with van der Waals surface area (Å²) in [6, 6.07) is 0. The summed E-state index contributed by atoms with van der Waals surface area (Å²) in [6.45, 7) is 9.66. The van der Waals surface area contributed by atoms with Gasteiger partial charge in [0.25, 0.3) is 0 Å². The van der Waals surface area contributed by atoms with E-state index in [0.717, 1.165) is 19.3 Å². The van der Waals surface area contributed by atoms with E-state index in [-0.39, 0.29) is 28.6 Å². The molecule has 4 rings (SSSR count). The molecule has 3 N–H and O–H groups in total. The van der Waals surface area contributed by atoms with Crippen molar-refractivity contribution in [3.8, 4) is 0 Å². The summed E-state index contributed by atoms with van der Waals surface area (Å²) < 4.78 is 5.77. The molecule has 8 unspecified atom stereocenters. The lowest BCUT2D eigenvalue weighted by Crippen LogP contribution is -2.65. The van der Waals surface area contributed by atoms with Gasteiger partial charge in [-0.05, 0) is 60.5 Å². The van der Waals surface area contributed by atoms with Crippen molar-refractivity contribution in [1.82, 2.24) is 0 Å². The molecular weight excluding hydrogens is 480 g/mol. The first-order valence-corrected chi connectivity index (χ1v) is 14.1. The van der Waals surface area contributed by atoms with Gasteiger partial charge in [-0.2, -0.15) is 0 Å². The van der Waals surface area contributed by atoms with Crippen LogP contribution >= 0.6 is 0 Å². The molecule has 0 aromatic carbocycles. The van der Waals surface area contributed by atoms with Gasteiger partial charge in [0, 0.05) is 12.0 Å². The molecule has 8 atom stereocenters. The first-order chi connectivity index (χ1) is 18.0. The van der Waals surface area contributed by atoms with Crippen LogP contribution in [0, 0.1) is 34.5 Å². The molecule has 0 radical (unpaired) electrons. The van der Waals surface area contributed by atoms with Crippen molar-refractivity contribution in [2.24, 2.45) is 34.5 Å². The van der Waals surface area contributed by atoms with Crippen molar-refractivity contribution in [2.75, 3.05) is 6.61 Å². The van der Waals surface area contributed by atoms with Gasteiger partial charge in [-0.1, -0.05) is 83.1 Å². The van der Waals surface area contributed by atoms with Crippen LogP contribution < -0.4 is 0 Å². The van der Waals surface area contributed by atoms with E-state index in [4.69, 9.17) is 4.74 Å². The number of aliphatic hydroxyl groups is 3. The first kappa shape index (κ1) is 28.7. The monoisotopic (exact) mass is 524 g/mol. The zero-order valence-electron chi connectivity index (χ0n) is 23.4. The van der Waals surface area contributed by atoms with Crippen LogP contribution in [0.4, 0.5) is 0 Å². The van der Waals surface area contributed by atoms with E-state index in [9.17, 15) is 24.9 Å². The first-order valence-electron chi connectivity index (χ1n) is 14.1. The number of Topliss-reactive ketones (excluding diaryl/α,β-unsaturated/α-hetero) is 1. The molecule has 208 valence electrons. The molecule has 2 bridgehead atoms. The Labute approximate surface area is 226 Å². The van der Waals surface area contributed by atoms with Crippen molar-refractivity contribution >= 4 is 11.8 Å². The Morgan fingerprint density at radius 2 is 1.89 bits per heavy atom. The number of hydrogen-bond acceptors (Lipinski definition) is 6. The number of fused-ring (bicyclic) bond motifs is 3. The molecule has 6 heteroatoms. The lowest BCUT2D eigenvalue weighted by atomic mass is 9.59. The second-order valence-corrected chi connectivity index (χ2v) is 12.4. The Kier molecular flexibility index (Phi) is 8.09. The molecule has 38 heavy (non-hydrogen) atoms. The summed E-state index contributed by atoms with van der Waals surface area (Å²) in [5.41, 5.74) is -2.83. The van der Waals surface area contributed by atoms with Gasteiger partial charge in [0.1, 0.15) is 6.10 Å². The van der Waals surface area contributed by atoms with Crippen LogP contribution in [0.2, 0.25) is 0 Å². The Hall–Kier alpha value is -2.28. The molecule has 2 saturated carbocycles. The number of hydrogen-bond donors (Lipinski definition) is 3. The van der Waals surface area contributed by atoms with Gasteiger partial charge in [-0.3, -0.25) is 4.79 Å². The molecule has 0 saturated heterocycles. The summed E-state index contributed by atoms with van der Waals surface area (Å²) in [6.07, 6.45) is 16.4. The number of carbonyl (C=O) groups is 2. The normalized spacial score (nSPS) is 39.5. The van der Waals surface area contributed by atoms with E-state index in [1.54, 1.807) is 31.2 Å². The van der Waals surface area contributed by atoms with E-state index in [1.807, 2.05) is 19.1 Å². The minimum absolute atomic E-state index is 0.0348. The highest BCUT2D eigenvalue weighted by Gasteiger charge is 2.76. The van der Waals surface area contributed by atoms with Crippen LogP contribution in [0.5, 0.6) is 0 Å². The second kappa shape index (κ2) is 10.7. The molecule has 4 aliphatic rings. The van der Waals surface area contributed by atoms with E-state index >= 15 is 0 Å². The van der Waals surface area contributed by atoms with Gasteiger partial charge in [-0.15, -0.1) is 0 Å². The maximum Gasteiger partial charge on any atom is 0.331 e. The van der Waals surface area contributed by atoms with Crippen molar-refractivity contribution in [3.05, 3.63) is 59.8 Å². The van der Waals surface area contributed by atoms with Gasteiger partial charge < -0.3 is 20.1 Å². The fourth-order valence-electron chi connectivity index (χ4n) is 7.70. The topological polar surface area (TPSA) is 104 Å². The third kappa shape index (κ3) is 4.39. The van der Waals surface area contributed by atoms with Gasteiger partial charge in [0.05, 0.1) is 12.0 Å². The van der Waals surface area contributed by atoms with Gasteiger partial charge in [-0.25, -0.2) is 4.79 Å². The Balaban J connectivity index is 1.59. The highest BCUT2D eigenvalue weighted by atomic mass is 16.6. The molecule has 4 aliphatic carbocycles. The molecule has 0 heterocycles. The summed E-state index contributed by atoms with van der Waals surface area (Å²) in [5.74, 6) is -1.27. The average molecular weight is 525 g/mol. The standard InChI is InChI=1S/C32H44O6/c1-6-7-8-9-10-11-12-13-14-15-25(34)38-29-20(2)18-31-21(3)16-24-26(30(24,4)5)23(28(31)36)17-22(19-33)27(35)32(29,31)37/h10-15,17-18,21,23-24,26-27,29,33,35,37H,6-9,16,19H2,1-5H3/b11-10+,13-12+,15-14+. The minimum atomic E-state index is -2.11. The highest BCUT2D eigenvalue weighted by molar-refractivity contribution is 5.95. The van der Waals surface area contributed by atoms with E-state index in [1.165, 1.54) is 18.9 Å². The smallest absolute Gasteiger partial charge is 0.331 e. The van der Waals surface area contributed by atoms with Crippen LogP contribution in [-0.2, 0) is 14.3 Å². The molecule has 0 amide bonds. The van der Waals surface area contributed by atoms with Gasteiger partial charge >= 0.3 is 5.97 Å². The summed E-state index contributed by atoms with van der Waals surface area (Å²) in [4.78, 5) is 27.1. The lowest BCUT2D eigenvalue weighted by Gasteiger charge is -2.48. The molecule has 1 spiro atoms. The number of rotatable bonds is 9. The number of allylic oxidation sites excluding steroid dienone is 6. The van der Waals surface area contributed by atoms with Crippen molar-refractivity contribution in [3.63, 3.8) is 0 Å². The third-order valence-corrected chi connectivity index (χ3v) is 9.81. The Morgan fingerprint density at radius 1 is 1.18 bits per heavy atom. The van der Waals surface area contributed by atoms with Crippen LogP contribution in [0.15, 0.2) is 59.8 Å². The fourth-order valence-corrected chi connectivity index (χ4v) is 7.70. The van der Waals surface area contributed by atoms with Crippen LogP contribution in [0.3, 0.4) is 0 Å². The van der Waals surface area contributed by atoms with E-state index in [2.05, 4.69) is 26.8 Å². The molecule has 0 aromatic heterocycles. The highest BCUT2D eigenvalue weighted by Crippen LogP contribution is 2.71. The maximum atomic E-state index is 14.3. The molecule has 6 nitrogen and oxygen atoms in total. The van der Waals surface area contributed by atoms with Crippen molar-refractivity contribution < 1.29 is 29.6 Å². The van der Waals surface area contributed by atoms with E-state index in [0.29, 0.717) is 11.5 Å². The number of unbranched alkanes of at least 4 members (excludes halogenated alkanes) is 3. The summed E-state index contributed by atoms with van der Waals surface area (Å²) >= 11 is 0. The molecule has 2 fully saturated rings. The number of esters is 1. The molecular formula is C32H44O6. The largest absolute Gasteiger partial charge is 0.451 e. The number of ketones is 1. The van der Waals surface area contributed by atoms with Gasteiger partial charge in [0.15, 0.2) is 17.5 Å².